The van der Waals surface area contributed by atoms with Gasteiger partial charge in [0.25, 0.3) is 5.22 Å². The normalized spacial score (nSPS) is 11.7. The average Bonchev–Trinajstić information content (AvgIpc) is 3.21. The van der Waals surface area contributed by atoms with Gasteiger partial charge in [0.2, 0.25) is 11.8 Å². The number of ether oxygens (including phenoxy) is 2. The van der Waals surface area contributed by atoms with Crippen LogP contribution in [0.3, 0.4) is 0 Å². The van der Waals surface area contributed by atoms with Crippen LogP contribution in [0.25, 0.3) is 11.5 Å². The smallest absolute Gasteiger partial charge is 0.277 e. The molecule has 1 N–H and O–H groups in total. The minimum atomic E-state index is -0.381. The van der Waals surface area contributed by atoms with E-state index in [0.717, 1.165) is 5.56 Å². The molecule has 29 heavy (non-hydrogen) atoms. The summed E-state index contributed by atoms with van der Waals surface area (Å²) in [5.41, 5.74) is 2.91. The molecule has 1 aromatic heterocycles. The predicted molar refractivity (Wildman–Crippen MR) is 111 cm³/mol. The number of aromatic nitrogens is 2. The SMILES string of the molecule is COc1cc(OC)cc(-c2nnc(S[C@@H](C)C(=O)NCc3ccc(C)cc3)o2)c1. The first-order valence-corrected chi connectivity index (χ1v) is 9.93. The van der Waals surface area contributed by atoms with E-state index >= 15 is 0 Å². The lowest BCUT2D eigenvalue weighted by molar-refractivity contribution is -0.120. The number of rotatable bonds is 8. The molecule has 8 heteroatoms. The highest BCUT2D eigenvalue weighted by Gasteiger charge is 2.19. The fraction of sp³-hybridized carbons (Fsp3) is 0.286. The maximum absolute atomic E-state index is 12.4. The topological polar surface area (TPSA) is 86.5 Å². The van der Waals surface area contributed by atoms with E-state index in [9.17, 15) is 4.79 Å². The molecular weight excluding hydrogens is 390 g/mol. The molecule has 7 nitrogen and oxygen atoms in total. The third-order valence-electron chi connectivity index (χ3n) is 4.24. The Bertz CT molecular complexity index is 950. The second kappa shape index (κ2) is 9.47. The van der Waals surface area contributed by atoms with E-state index in [0.29, 0.717) is 34.7 Å². The maximum atomic E-state index is 12.4. The van der Waals surface area contributed by atoms with E-state index in [-0.39, 0.29) is 11.2 Å². The number of nitrogens with zero attached hydrogens (tertiary/aromatic N) is 2. The highest BCUT2D eigenvalue weighted by molar-refractivity contribution is 8.00. The van der Waals surface area contributed by atoms with Crippen molar-refractivity contribution < 1.29 is 18.7 Å². The monoisotopic (exact) mass is 413 g/mol. The van der Waals surface area contributed by atoms with Gasteiger partial charge in [-0.2, -0.15) is 0 Å². The van der Waals surface area contributed by atoms with Crippen LogP contribution in [0.2, 0.25) is 0 Å². The molecule has 0 saturated heterocycles. The molecule has 0 aliphatic carbocycles. The lowest BCUT2D eigenvalue weighted by atomic mass is 10.1. The Morgan fingerprint density at radius 2 is 1.76 bits per heavy atom. The summed E-state index contributed by atoms with van der Waals surface area (Å²) >= 11 is 1.21. The molecule has 0 spiro atoms. The zero-order valence-electron chi connectivity index (χ0n) is 16.8. The van der Waals surface area contributed by atoms with Crippen molar-refractivity contribution in [2.75, 3.05) is 14.2 Å². The summed E-state index contributed by atoms with van der Waals surface area (Å²) in [7, 11) is 3.15. The number of benzene rings is 2. The Kier molecular flexibility index (Phi) is 6.77. The second-order valence-corrected chi connectivity index (χ2v) is 7.73. The number of hydrogen-bond acceptors (Lipinski definition) is 7. The first kappa shape index (κ1) is 20.7. The number of hydrogen-bond donors (Lipinski definition) is 1. The Morgan fingerprint density at radius 3 is 2.38 bits per heavy atom. The molecule has 2 aromatic carbocycles. The number of thioether (sulfide) groups is 1. The van der Waals surface area contributed by atoms with Crippen LogP contribution >= 0.6 is 11.8 Å². The molecule has 0 bridgehead atoms. The first-order chi connectivity index (χ1) is 14.0. The Hall–Kier alpha value is -3.00. The molecule has 3 rings (SSSR count). The van der Waals surface area contributed by atoms with Gasteiger partial charge in [-0.05, 0) is 31.5 Å². The van der Waals surface area contributed by atoms with Crippen LogP contribution in [-0.4, -0.2) is 35.6 Å². The molecule has 3 aromatic rings. The van der Waals surface area contributed by atoms with Gasteiger partial charge in [0.05, 0.1) is 19.5 Å². The first-order valence-electron chi connectivity index (χ1n) is 9.05. The lowest BCUT2D eigenvalue weighted by Crippen LogP contribution is -2.30. The molecule has 1 heterocycles. The van der Waals surface area contributed by atoms with Crippen LogP contribution in [0, 0.1) is 6.92 Å². The minimum Gasteiger partial charge on any atom is -0.497 e. The van der Waals surface area contributed by atoms with Crippen LogP contribution in [-0.2, 0) is 11.3 Å². The van der Waals surface area contributed by atoms with Crippen LogP contribution in [0.4, 0.5) is 0 Å². The lowest BCUT2D eigenvalue weighted by Gasteiger charge is -2.10. The number of methoxy groups -OCH3 is 2. The molecule has 1 atom stereocenters. The molecule has 0 unspecified atom stereocenters. The van der Waals surface area contributed by atoms with Crippen molar-refractivity contribution >= 4 is 17.7 Å². The molecule has 0 fully saturated rings. The van der Waals surface area contributed by atoms with Crippen LogP contribution in [0.1, 0.15) is 18.1 Å². The van der Waals surface area contributed by atoms with Crippen molar-refractivity contribution in [2.45, 2.75) is 30.9 Å². The van der Waals surface area contributed by atoms with Gasteiger partial charge < -0.3 is 19.2 Å². The third kappa shape index (κ3) is 5.51. The summed E-state index contributed by atoms with van der Waals surface area (Å²) < 4.78 is 16.2. The number of aryl methyl sites for hydroxylation is 1. The Balaban J connectivity index is 1.61. The van der Waals surface area contributed by atoms with Gasteiger partial charge in [-0.15, -0.1) is 10.2 Å². The number of carbonyl (C=O) groups excluding carboxylic acids is 1. The van der Waals surface area contributed by atoms with E-state index in [1.165, 1.54) is 17.3 Å². The van der Waals surface area contributed by atoms with E-state index in [1.807, 2.05) is 31.2 Å². The standard InChI is InChI=1S/C21H23N3O4S/c1-13-5-7-15(8-6-13)12-22-19(25)14(2)29-21-24-23-20(28-21)16-9-17(26-3)11-18(10-16)27-4/h5-11,14H,12H2,1-4H3,(H,22,25)/t14-/m0/s1. The number of nitrogens with one attached hydrogen (secondary N) is 1. The average molecular weight is 413 g/mol. The zero-order valence-corrected chi connectivity index (χ0v) is 17.6. The molecule has 0 aliphatic heterocycles. The quantitative estimate of drug-likeness (QED) is 0.561. The molecule has 0 aliphatic rings. The van der Waals surface area contributed by atoms with Crippen LogP contribution in [0.5, 0.6) is 11.5 Å². The van der Waals surface area contributed by atoms with Crippen molar-refractivity contribution in [3.8, 4) is 23.0 Å². The van der Waals surface area contributed by atoms with E-state index in [2.05, 4.69) is 15.5 Å². The van der Waals surface area contributed by atoms with Gasteiger partial charge in [0, 0.05) is 18.2 Å². The number of amides is 1. The zero-order chi connectivity index (χ0) is 20.8. The van der Waals surface area contributed by atoms with Crippen molar-refractivity contribution in [1.82, 2.24) is 15.5 Å². The van der Waals surface area contributed by atoms with Crippen molar-refractivity contribution in [3.63, 3.8) is 0 Å². The summed E-state index contributed by atoms with van der Waals surface area (Å²) in [4.78, 5) is 12.4. The molecule has 0 saturated carbocycles. The number of carbonyl (C=O) groups is 1. The largest absolute Gasteiger partial charge is 0.497 e. The molecule has 1 amide bonds. The Morgan fingerprint density at radius 1 is 1.10 bits per heavy atom. The fourth-order valence-corrected chi connectivity index (χ4v) is 3.26. The van der Waals surface area contributed by atoms with Gasteiger partial charge in [0.1, 0.15) is 11.5 Å². The second-order valence-electron chi connectivity index (χ2n) is 6.44. The van der Waals surface area contributed by atoms with Crippen molar-refractivity contribution in [1.29, 1.82) is 0 Å². The van der Waals surface area contributed by atoms with E-state index in [4.69, 9.17) is 13.9 Å². The van der Waals surface area contributed by atoms with Crippen LogP contribution in [0.15, 0.2) is 52.1 Å². The Labute approximate surface area is 173 Å². The highest BCUT2D eigenvalue weighted by atomic mass is 32.2. The van der Waals surface area contributed by atoms with Gasteiger partial charge in [0.15, 0.2) is 0 Å². The predicted octanol–water partition coefficient (Wildman–Crippen LogP) is 3.86. The van der Waals surface area contributed by atoms with E-state index < -0.39 is 0 Å². The highest BCUT2D eigenvalue weighted by Crippen LogP contribution is 2.31. The van der Waals surface area contributed by atoms with Crippen molar-refractivity contribution in [3.05, 3.63) is 53.6 Å². The summed E-state index contributed by atoms with van der Waals surface area (Å²) in [5.74, 6) is 1.47. The summed E-state index contributed by atoms with van der Waals surface area (Å²) in [6.45, 7) is 4.30. The summed E-state index contributed by atoms with van der Waals surface area (Å²) in [6, 6.07) is 13.4. The molecular formula is C21H23N3O4S. The van der Waals surface area contributed by atoms with Gasteiger partial charge in [-0.3, -0.25) is 4.79 Å². The summed E-state index contributed by atoms with van der Waals surface area (Å²) in [5, 5.41) is 11.0. The van der Waals surface area contributed by atoms with Gasteiger partial charge >= 0.3 is 0 Å². The summed E-state index contributed by atoms with van der Waals surface area (Å²) in [6.07, 6.45) is 0. The van der Waals surface area contributed by atoms with Gasteiger partial charge in [-0.25, -0.2) is 0 Å². The van der Waals surface area contributed by atoms with Crippen molar-refractivity contribution in [2.24, 2.45) is 0 Å². The molecule has 152 valence electrons. The minimum absolute atomic E-state index is 0.0987. The van der Waals surface area contributed by atoms with Crippen LogP contribution < -0.4 is 14.8 Å². The molecule has 0 radical (unpaired) electrons. The maximum Gasteiger partial charge on any atom is 0.277 e. The third-order valence-corrected chi connectivity index (χ3v) is 5.17. The fourth-order valence-electron chi connectivity index (χ4n) is 2.55. The van der Waals surface area contributed by atoms with E-state index in [1.54, 1.807) is 39.3 Å². The van der Waals surface area contributed by atoms with Gasteiger partial charge in [-0.1, -0.05) is 41.6 Å².